The summed E-state index contributed by atoms with van der Waals surface area (Å²) in [4.78, 5) is 25.7. The van der Waals surface area contributed by atoms with E-state index in [4.69, 9.17) is 0 Å². The lowest BCUT2D eigenvalue weighted by Gasteiger charge is -2.40. The second kappa shape index (κ2) is 7.51. The van der Waals surface area contributed by atoms with Gasteiger partial charge in [-0.15, -0.1) is 0 Å². The van der Waals surface area contributed by atoms with Crippen LogP contribution < -0.4 is 34.3 Å². The van der Waals surface area contributed by atoms with E-state index in [2.05, 4.69) is 14.1 Å². The number of carboxylic acids is 1. The van der Waals surface area contributed by atoms with Gasteiger partial charge in [0.15, 0.2) is 0 Å². The van der Waals surface area contributed by atoms with Crippen LogP contribution in [0.5, 0.6) is 0 Å². The topological polar surface area (TPSA) is 62.5 Å². The van der Waals surface area contributed by atoms with Gasteiger partial charge in [0, 0.05) is 18.1 Å². The Labute approximate surface area is 168 Å². The number of carbonyl (C=O) groups is 1. The van der Waals surface area contributed by atoms with Crippen LogP contribution >= 0.6 is 0 Å². The zero-order chi connectivity index (χ0) is 18.4. The molecule has 0 bridgehead atoms. The smallest absolute Gasteiger partial charge is 0.341 e. The molecule has 1 N–H and O–H groups in total. The summed E-state index contributed by atoms with van der Waals surface area (Å²) < 4.78 is 17.3. The molecule has 0 amide bonds. The number of aromatic carboxylic acids is 1. The molecule has 0 atom stereocenters. The number of anilines is 1. The summed E-state index contributed by atoms with van der Waals surface area (Å²) in [7, 11) is 4.30. The Morgan fingerprint density at radius 3 is 2.42 bits per heavy atom. The third-order valence-electron chi connectivity index (χ3n) is 5.01. The highest BCUT2D eigenvalue weighted by molar-refractivity contribution is 5.93. The van der Waals surface area contributed by atoms with Gasteiger partial charge in [0.05, 0.1) is 51.5 Å². The van der Waals surface area contributed by atoms with E-state index in [1.54, 1.807) is 10.6 Å². The van der Waals surface area contributed by atoms with Crippen LogP contribution in [0.1, 0.15) is 17.3 Å². The standard InChI is InChI=1S/C18H22FN3O3.HI/c1-4-20-11-13(18(24)25)17(23)12-9-14(19)16(10-15(12)20)21-5-7-22(2,3)8-6-21;/h9-11H,4-8H2,1-3H3;1H. The Morgan fingerprint density at radius 1 is 1.27 bits per heavy atom. The van der Waals surface area contributed by atoms with Gasteiger partial charge in [0.25, 0.3) is 0 Å². The number of aromatic nitrogens is 1. The van der Waals surface area contributed by atoms with Gasteiger partial charge in [0.1, 0.15) is 11.4 Å². The molecule has 1 saturated heterocycles. The third-order valence-corrected chi connectivity index (χ3v) is 5.01. The lowest BCUT2D eigenvalue weighted by atomic mass is 10.1. The molecule has 1 fully saturated rings. The number of halogens is 2. The predicted octanol–water partition coefficient (Wildman–Crippen LogP) is -1.24. The Hall–Kier alpha value is -1.68. The number of piperazine rings is 1. The van der Waals surface area contributed by atoms with Crippen molar-refractivity contribution >= 4 is 22.6 Å². The molecule has 6 nitrogen and oxygen atoms in total. The molecule has 0 unspecified atom stereocenters. The second-order valence-corrected chi connectivity index (χ2v) is 7.15. The van der Waals surface area contributed by atoms with Gasteiger partial charge in [-0.3, -0.25) is 4.79 Å². The molecule has 0 saturated carbocycles. The van der Waals surface area contributed by atoms with E-state index in [0.717, 1.165) is 30.7 Å². The summed E-state index contributed by atoms with van der Waals surface area (Å²) in [5, 5.41) is 9.31. The molecule has 0 radical (unpaired) electrons. The molecular weight excluding hydrogens is 452 g/mol. The van der Waals surface area contributed by atoms with Crippen molar-refractivity contribution in [3.63, 3.8) is 0 Å². The maximum absolute atomic E-state index is 14.7. The normalized spacial score (nSPS) is 16.4. The summed E-state index contributed by atoms with van der Waals surface area (Å²) in [5.41, 5.74) is 0.0534. The third kappa shape index (κ3) is 3.71. The quantitative estimate of drug-likeness (QED) is 0.446. The first kappa shape index (κ1) is 20.6. The van der Waals surface area contributed by atoms with Crippen molar-refractivity contribution in [1.29, 1.82) is 0 Å². The number of fused-ring (bicyclic) bond motifs is 1. The lowest BCUT2D eigenvalue weighted by molar-refractivity contribution is -0.890. The average molecular weight is 475 g/mol. The van der Waals surface area contributed by atoms with Crippen LogP contribution in [0, 0.1) is 5.82 Å². The summed E-state index contributed by atoms with van der Waals surface area (Å²) >= 11 is 0. The monoisotopic (exact) mass is 475 g/mol. The van der Waals surface area contributed by atoms with Gasteiger partial charge < -0.3 is 43.0 Å². The molecule has 2 aromatic rings. The van der Waals surface area contributed by atoms with Crippen molar-refractivity contribution in [2.24, 2.45) is 0 Å². The highest BCUT2D eigenvalue weighted by Gasteiger charge is 2.27. The molecule has 1 aromatic heterocycles. The SMILES string of the molecule is CCn1cc(C(=O)O)c(=O)c2cc(F)c(N3CC[N+](C)(C)CC3)cc21.[I-]. The van der Waals surface area contributed by atoms with Crippen LogP contribution in [0.2, 0.25) is 0 Å². The first-order chi connectivity index (χ1) is 11.7. The lowest BCUT2D eigenvalue weighted by Crippen LogP contribution is -3.00. The van der Waals surface area contributed by atoms with E-state index >= 15 is 0 Å². The second-order valence-electron chi connectivity index (χ2n) is 7.15. The Morgan fingerprint density at radius 2 is 1.88 bits per heavy atom. The van der Waals surface area contributed by atoms with E-state index in [-0.39, 0.29) is 34.9 Å². The van der Waals surface area contributed by atoms with Crippen LogP contribution in [-0.2, 0) is 6.54 Å². The van der Waals surface area contributed by atoms with Gasteiger partial charge in [0.2, 0.25) is 5.43 Å². The average Bonchev–Trinajstić information content (AvgIpc) is 2.55. The molecule has 1 aliphatic rings. The minimum atomic E-state index is -1.30. The van der Waals surface area contributed by atoms with Crippen molar-refractivity contribution < 1.29 is 42.8 Å². The van der Waals surface area contributed by atoms with Gasteiger partial charge >= 0.3 is 5.97 Å². The predicted molar refractivity (Wildman–Crippen MR) is 94.9 cm³/mol. The number of hydrogen-bond donors (Lipinski definition) is 1. The van der Waals surface area contributed by atoms with E-state index in [9.17, 15) is 19.1 Å². The number of benzene rings is 1. The van der Waals surface area contributed by atoms with Crippen molar-refractivity contribution in [2.75, 3.05) is 45.2 Å². The molecule has 0 aliphatic carbocycles. The summed E-state index contributed by atoms with van der Waals surface area (Å²) in [6.07, 6.45) is 1.34. The summed E-state index contributed by atoms with van der Waals surface area (Å²) in [6.45, 7) is 5.65. The van der Waals surface area contributed by atoms with Crippen LogP contribution in [-0.4, -0.2) is 60.4 Å². The van der Waals surface area contributed by atoms with Gasteiger partial charge in [-0.1, -0.05) is 0 Å². The van der Waals surface area contributed by atoms with Gasteiger partial charge in [-0.25, -0.2) is 9.18 Å². The van der Waals surface area contributed by atoms with E-state index in [1.807, 2.05) is 11.8 Å². The number of quaternary nitrogens is 1. The minimum Gasteiger partial charge on any atom is -1.00 e. The fraction of sp³-hybridized carbons (Fsp3) is 0.444. The Bertz CT molecular complexity index is 901. The van der Waals surface area contributed by atoms with Crippen LogP contribution in [0.25, 0.3) is 10.9 Å². The highest BCUT2D eigenvalue weighted by Crippen LogP contribution is 2.26. The van der Waals surface area contributed by atoms with Gasteiger partial charge in [-0.2, -0.15) is 0 Å². The van der Waals surface area contributed by atoms with E-state index in [0.29, 0.717) is 17.7 Å². The number of carboxylic acid groups (broad SMARTS) is 1. The van der Waals surface area contributed by atoms with E-state index in [1.165, 1.54) is 12.3 Å². The fourth-order valence-electron chi connectivity index (χ4n) is 3.30. The van der Waals surface area contributed by atoms with Crippen molar-refractivity contribution in [2.45, 2.75) is 13.5 Å². The van der Waals surface area contributed by atoms with Crippen molar-refractivity contribution in [1.82, 2.24) is 4.57 Å². The first-order valence-corrected chi connectivity index (χ1v) is 8.40. The summed E-state index contributed by atoms with van der Waals surface area (Å²) in [5.74, 6) is -1.78. The summed E-state index contributed by atoms with van der Waals surface area (Å²) in [6, 6.07) is 2.85. The maximum atomic E-state index is 14.7. The molecule has 2 heterocycles. The van der Waals surface area contributed by atoms with E-state index < -0.39 is 17.2 Å². The molecule has 26 heavy (non-hydrogen) atoms. The zero-order valence-corrected chi connectivity index (χ0v) is 17.3. The largest absolute Gasteiger partial charge is 1.00 e. The number of hydrogen-bond acceptors (Lipinski definition) is 3. The minimum absolute atomic E-state index is 0. The van der Waals surface area contributed by atoms with Crippen LogP contribution in [0.3, 0.4) is 0 Å². The number of aryl methyl sites for hydroxylation is 1. The number of likely N-dealkylation sites (N-methyl/N-ethyl adjacent to an activating group) is 1. The molecule has 1 aromatic carbocycles. The zero-order valence-electron chi connectivity index (χ0n) is 15.1. The Balaban J connectivity index is 0.00000243. The molecule has 3 rings (SSSR count). The van der Waals surface area contributed by atoms with Crippen LogP contribution in [0.4, 0.5) is 10.1 Å². The molecule has 142 valence electrons. The molecule has 8 heteroatoms. The maximum Gasteiger partial charge on any atom is 0.341 e. The fourth-order valence-corrected chi connectivity index (χ4v) is 3.30. The first-order valence-electron chi connectivity index (χ1n) is 8.40. The Kier molecular flexibility index (Phi) is 5.96. The number of rotatable bonds is 3. The number of pyridine rings is 1. The van der Waals surface area contributed by atoms with Crippen molar-refractivity contribution in [3.8, 4) is 0 Å². The number of nitrogens with zero attached hydrogens (tertiary/aromatic N) is 3. The highest BCUT2D eigenvalue weighted by atomic mass is 127. The van der Waals surface area contributed by atoms with Gasteiger partial charge in [-0.05, 0) is 19.1 Å². The molecule has 1 aliphatic heterocycles. The molecular formula is C18H23FIN3O3. The van der Waals surface area contributed by atoms with Crippen LogP contribution in [0.15, 0.2) is 23.1 Å². The molecule has 0 spiro atoms. The van der Waals surface area contributed by atoms with Crippen molar-refractivity contribution in [3.05, 3.63) is 39.9 Å².